The van der Waals surface area contributed by atoms with Gasteiger partial charge in [-0.2, -0.15) is 0 Å². The summed E-state index contributed by atoms with van der Waals surface area (Å²) in [6, 6.07) is 15.3. The van der Waals surface area contributed by atoms with Crippen molar-refractivity contribution in [1.82, 2.24) is 0 Å². The number of hydrogen-bond donors (Lipinski definition) is 1. The summed E-state index contributed by atoms with van der Waals surface area (Å²) < 4.78 is 0. The molecule has 0 radical (unpaired) electrons. The quantitative estimate of drug-likeness (QED) is 0.842. The van der Waals surface area contributed by atoms with Gasteiger partial charge in [-0.05, 0) is 46.2 Å². The van der Waals surface area contributed by atoms with E-state index >= 15 is 0 Å². The van der Waals surface area contributed by atoms with Crippen molar-refractivity contribution in [2.45, 2.75) is 39.7 Å². The highest BCUT2D eigenvalue weighted by Crippen LogP contribution is 2.28. The van der Waals surface area contributed by atoms with Gasteiger partial charge in [0.15, 0.2) is 0 Å². The Morgan fingerprint density at radius 3 is 2.11 bits per heavy atom. The molecule has 0 aromatic heterocycles. The maximum absolute atomic E-state index is 5.73. The van der Waals surface area contributed by atoms with Gasteiger partial charge in [0.2, 0.25) is 0 Å². The van der Waals surface area contributed by atoms with Gasteiger partial charge in [-0.1, -0.05) is 57.2 Å². The fourth-order valence-corrected chi connectivity index (χ4v) is 2.26. The molecular formula is C18H23N. The molecule has 100 valence electrons. The van der Waals surface area contributed by atoms with Crippen LogP contribution in [-0.2, 0) is 12.0 Å². The molecule has 0 saturated carbocycles. The van der Waals surface area contributed by atoms with E-state index in [0.29, 0.717) is 6.54 Å². The van der Waals surface area contributed by atoms with Gasteiger partial charge in [0.25, 0.3) is 0 Å². The minimum atomic E-state index is 0.201. The second-order valence-electron chi connectivity index (χ2n) is 6.18. The Hall–Kier alpha value is -1.60. The first-order valence-electron chi connectivity index (χ1n) is 6.82. The molecule has 0 heterocycles. The Morgan fingerprint density at radius 2 is 1.58 bits per heavy atom. The summed E-state index contributed by atoms with van der Waals surface area (Å²) in [6.45, 7) is 9.45. The first kappa shape index (κ1) is 13.8. The molecular weight excluding hydrogens is 230 g/mol. The Balaban J connectivity index is 2.42. The second kappa shape index (κ2) is 5.18. The molecule has 0 unspecified atom stereocenters. The summed E-state index contributed by atoms with van der Waals surface area (Å²) in [5, 5.41) is 0. The minimum Gasteiger partial charge on any atom is -0.326 e. The van der Waals surface area contributed by atoms with Crippen molar-refractivity contribution >= 4 is 0 Å². The largest absolute Gasteiger partial charge is 0.326 e. The Kier molecular flexibility index (Phi) is 3.77. The predicted octanol–water partition coefficient (Wildman–Crippen LogP) is 4.42. The number of nitrogens with two attached hydrogens (primary N) is 1. The van der Waals surface area contributed by atoms with Gasteiger partial charge in [-0.15, -0.1) is 0 Å². The summed E-state index contributed by atoms with van der Waals surface area (Å²) in [5.74, 6) is 0. The van der Waals surface area contributed by atoms with E-state index in [1.807, 2.05) is 0 Å². The molecule has 0 saturated heterocycles. The van der Waals surface area contributed by atoms with Crippen molar-refractivity contribution in [3.8, 4) is 11.1 Å². The van der Waals surface area contributed by atoms with Crippen molar-refractivity contribution in [3.05, 3.63) is 59.2 Å². The van der Waals surface area contributed by atoms with Gasteiger partial charge in [-0.25, -0.2) is 0 Å². The average molecular weight is 253 g/mol. The Morgan fingerprint density at radius 1 is 0.947 bits per heavy atom. The smallest absolute Gasteiger partial charge is 0.0178 e. The maximum atomic E-state index is 5.73. The highest BCUT2D eigenvalue weighted by atomic mass is 14.5. The van der Waals surface area contributed by atoms with Crippen molar-refractivity contribution < 1.29 is 0 Å². The summed E-state index contributed by atoms with van der Waals surface area (Å²) in [6.07, 6.45) is 0. The monoisotopic (exact) mass is 253 g/mol. The van der Waals surface area contributed by atoms with Gasteiger partial charge in [0.05, 0.1) is 0 Å². The third-order valence-electron chi connectivity index (χ3n) is 3.60. The molecule has 2 aromatic carbocycles. The fourth-order valence-electron chi connectivity index (χ4n) is 2.26. The standard InChI is InChI=1S/C18H23N/c1-13-5-6-14(12-19)11-17(13)15-7-9-16(10-8-15)18(2,3)4/h5-11H,12,19H2,1-4H3. The average Bonchev–Trinajstić information content (AvgIpc) is 2.38. The van der Waals surface area contributed by atoms with Gasteiger partial charge in [0, 0.05) is 6.54 Å². The van der Waals surface area contributed by atoms with Crippen molar-refractivity contribution in [3.63, 3.8) is 0 Å². The van der Waals surface area contributed by atoms with Crippen LogP contribution in [0.4, 0.5) is 0 Å². The normalized spacial score (nSPS) is 11.6. The lowest BCUT2D eigenvalue weighted by molar-refractivity contribution is 0.590. The molecule has 0 atom stereocenters. The van der Waals surface area contributed by atoms with Crippen molar-refractivity contribution in [2.24, 2.45) is 5.73 Å². The van der Waals surface area contributed by atoms with E-state index in [-0.39, 0.29) is 5.41 Å². The molecule has 0 bridgehead atoms. The van der Waals surface area contributed by atoms with Crippen LogP contribution in [-0.4, -0.2) is 0 Å². The Labute approximate surface area is 116 Å². The molecule has 0 fully saturated rings. The van der Waals surface area contributed by atoms with Crippen LogP contribution in [0.5, 0.6) is 0 Å². The van der Waals surface area contributed by atoms with Gasteiger partial charge in [0.1, 0.15) is 0 Å². The summed E-state index contributed by atoms with van der Waals surface area (Å²) in [5.41, 5.74) is 12.3. The van der Waals surface area contributed by atoms with Crippen LogP contribution in [0.3, 0.4) is 0 Å². The van der Waals surface area contributed by atoms with Crippen LogP contribution < -0.4 is 5.73 Å². The molecule has 0 spiro atoms. The number of aryl methyl sites for hydroxylation is 1. The zero-order valence-corrected chi connectivity index (χ0v) is 12.3. The van der Waals surface area contributed by atoms with Gasteiger partial charge in [-0.3, -0.25) is 0 Å². The highest BCUT2D eigenvalue weighted by Gasteiger charge is 2.13. The lowest BCUT2D eigenvalue weighted by Gasteiger charge is -2.19. The lowest BCUT2D eigenvalue weighted by atomic mass is 9.86. The van der Waals surface area contributed by atoms with Crippen molar-refractivity contribution in [1.29, 1.82) is 0 Å². The van der Waals surface area contributed by atoms with Crippen LogP contribution in [0.1, 0.15) is 37.5 Å². The zero-order chi connectivity index (χ0) is 14.0. The molecule has 19 heavy (non-hydrogen) atoms. The summed E-state index contributed by atoms with van der Waals surface area (Å²) >= 11 is 0. The number of benzene rings is 2. The number of hydrogen-bond acceptors (Lipinski definition) is 1. The first-order chi connectivity index (χ1) is 8.91. The van der Waals surface area contributed by atoms with E-state index < -0.39 is 0 Å². The summed E-state index contributed by atoms with van der Waals surface area (Å²) in [7, 11) is 0. The Bertz CT molecular complexity index is 559. The van der Waals surface area contributed by atoms with Crippen LogP contribution in [0.2, 0.25) is 0 Å². The second-order valence-corrected chi connectivity index (χ2v) is 6.18. The third kappa shape index (κ3) is 3.05. The molecule has 0 amide bonds. The van der Waals surface area contributed by atoms with E-state index in [4.69, 9.17) is 5.73 Å². The fraction of sp³-hybridized carbons (Fsp3) is 0.333. The summed E-state index contributed by atoms with van der Waals surface area (Å²) in [4.78, 5) is 0. The van der Waals surface area contributed by atoms with Crippen LogP contribution in [0.15, 0.2) is 42.5 Å². The van der Waals surface area contributed by atoms with E-state index in [2.05, 4.69) is 70.2 Å². The molecule has 2 aromatic rings. The number of rotatable bonds is 2. The van der Waals surface area contributed by atoms with E-state index in [1.54, 1.807) is 0 Å². The lowest BCUT2D eigenvalue weighted by Crippen LogP contribution is -2.10. The van der Waals surface area contributed by atoms with Crippen LogP contribution in [0, 0.1) is 6.92 Å². The predicted molar refractivity (Wildman–Crippen MR) is 83.2 cm³/mol. The van der Waals surface area contributed by atoms with E-state index in [9.17, 15) is 0 Å². The third-order valence-corrected chi connectivity index (χ3v) is 3.60. The molecule has 2 rings (SSSR count). The van der Waals surface area contributed by atoms with E-state index in [0.717, 1.165) is 0 Å². The highest BCUT2D eigenvalue weighted by molar-refractivity contribution is 5.68. The van der Waals surface area contributed by atoms with Gasteiger partial charge < -0.3 is 5.73 Å². The van der Waals surface area contributed by atoms with E-state index in [1.165, 1.54) is 27.8 Å². The molecule has 0 aliphatic heterocycles. The van der Waals surface area contributed by atoms with Gasteiger partial charge >= 0.3 is 0 Å². The SMILES string of the molecule is Cc1ccc(CN)cc1-c1ccc(C(C)(C)C)cc1. The maximum Gasteiger partial charge on any atom is 0.0178 e. The van der Waals surface area contributed by atoms with Crippen LogP contribution in [0.25, 0.3) is 11.1 Å². The van der Waals surface area contributed by atoms with Crippen molar-refractivity contribution in [2.75, 3.05) is 0 Å². The molecule has 0 aliphatic carbocycles. The minimum absolute atomic E-state index is 0.201. The zero-order valence-electron chi connectivity index (χ0n) is 12.3. The molecule has 1 nitrogen and oxygen atoms in total. The first-order valence-corrected chi connectivity index (χ1v) is 6.82. The molecule has 0 aliphatic rings. The molecule has 2 N–H and O–H groups in total. The topological polar surface area (TPSA) is 26.0 Å². The van der Waals surface area contributed by atoms with Crippen LogP contribution >= 0.6 is 0 Å². The molecule has 1 heteroatoms.